The first-order valence-electron chi connectivity index (χ1n) is 8.88. The summed E-state index contributed by atoms with van der Waals surface area (Å²) in [4.78, 5) is 5.55. The number of hydroxylamine groups is 1. The van der Waals surface area contributed by atoms with Gasteiger partial charge in [-0.2, -0.15) is 5.48 Å². The van der Waals surface area contributed by atoms with Crippen molar-refractivity contribution in [2.75, 3.05) is 6.61 Å². The number of rotatable bonds is 3. The van der Waals surface area contributed by atoms with E-state index < -0.39 is 11.5 Å². The Morgan fingerprint density at radius 1 is 1.33 bits per heavy atom. The zero-order chi connectivity index (χ0) is 17.6. The first-order chi connectivity index (χ1) is 11.1. The van der Waals surface area contributed by atoms with Crippen LogP contribution in [0.5, 0.6) is 0 Å². The van der Waals surface area contributed by atoms with E-state index in [2.05, 4.69) is 32.3 Å². The molecule has 0 aromatic carbocycles. The van der Waals surface area contributed by atoms with E-state index in [-0.39, 0.29) is 29.6 Å². The Labute approximate surface area is 148 Å². The third-order valence-corrected chi connectivity index (χ3v) is 6.31. The van der Waals surface area contributed by atoms with Gasteiger partial charge in [0.15, 0.2) is 0 Å². The molecule has 0 amide bonds. The molecule has 24 heavy (non-hydrogen) atoms. The average Bonchev–Trinajstić information content (AvgIpc) is 2.87. The minimum atomic E-state index is -2.59. The second-order valence-electron chi connectivity index (χ2n) is 9.01. The van der Waals surface area contributed by atoms with Crippen molar-refractivity contribution in [3.05, 3.63) is 23.3 Å². The van der Waals surface area contributed by atoms with Crippen LogP contribution in [0.4, 0.5) is 8.78 Å². The summed E-state index contributed by atoms with van der Waals surface area (Å²) < 4.78 is 28.0. The first kappa shape index (κ1) is 18.3. The van der Waals surface area contributed by atoms with Gasteiger partial charge in [-0.3, -0.25) is 0 Å². The van der Waals surface area contributed by atoms with Crippen LogP contribution in [0.15, 0.2) is 23.3 Å². The molecule has 2 fully saturated rings. The van der Waals surface area contributed by atoms with Crippen molar-refractivity contribution < 1.29 is 13.6 Å². The standard InChI is InChI=1S/C19H28ClF2NO/c1-16(2,3)7-8-17(6-4-5-15(20)12-17)19-10-9-18(21,22)11-14(19)13-24-23-19/h4-6,14,23H,7-13H2,1-3H3. The Hall–Kier alpha value is -0.450. The molecule has 1 N–H and O–H groups in total. The van der Waals surface area contributed by atoms with Gasteiger partial charge in [-0.05, 0) is 37.2 Å². The van der Waals surface area contributed by atoms with E-state index in [1.807, 2.05) is 12.2 Å². The molecule has 3 atom stereocenters. The van der Waals surface area contributed by atoms with E-state index in [1.54, 1.807) is 0 Å². The first-order valence-corrected chi connectivity index (χ1v) is 9.26. The van der Waals surface area contributed by atoms with Crippen molar-refractivity contribution in [1.82, 2.24) is 5.48 Å². The molecule has 3 aliphatic rings. The summed E-state index contributed by atoms with van der Waals surface area (Å²) in [6.45, 7) is 7.00. The van der Waals surface area contributed by atoms with Crippen LogP contribution < -0.4 is 5.48 Å². The van der Waals surface area contributed by atoms with Crippen molar-refractivity contribution in [2.24, 2.45) is 16.7 Å². The number of hydrogen-bond acceptors (Lipinski definition) is 2. The molecule has 1 saturated carbocycles. The lowest BCUT2D eigenvalue weighted by atomic mass is 9.54. The monoisotopic (exact) mass is 359 g/mol. The summed E-state index contributed by atoms with van der Waals surface area (Å²) in [6, 6.07) is 0. The molecular weight excluding hydrogens is 332 g/mol. The highest BCUT2D eigenvalue weighted by Gasteiger charge is 2.62. The fourth-order valence-electron chi connectivity index (χ4n) is 4.64. The Morgan fingerprint density at radius 2 is 2.08 bits per heavy atom. The molecule has 0 spiro atoms. The van der Waals surface area contributed by atoms with Gasteiger partial charge in [0.2, 0.25) is 5.92 Å². The van der Waals surface area contributed by atoms with Crippen LogP contribution in [0.25, 0.3) is 0 Å². The molecular formula is C19H28ClF2NO. The van der Waals surface area contributed by atoms with E-state index in [0.717, 1.165) is 17.9 Å². The van der Waals surface area contributed by atoms with Gasteiger partial charge in [0.1, 0.15) is 0 Å². The largest absolute Gasteiger partial charge is 0.301 e. The van der Waals surface area contributed by atoms with Gasteiger partial charge in [0, 0.05) is 29.2 Å². The normalized spacial score (nSPS) is 38.8. The topological polar surface area (TPSA) is 21.3 Å². The molecule has 3 rings (SSSR count). The predicted octanol–water partition coefficient (Wildman–Crippen LogP) is 5.59. The number of halogens is 3. The highest BCUT2D eigenvalue weighted by atomic mass is 35.5. The molecule has 1 aliphatic heterocycles. The second kappa shape index (κ2) is 6.07. The third kappa shape index (κ3) is 3.30. The summed E-state index contributed by atoms with van der Waals surface area (Å²) in [5.74, 6) is -2.78. The van der Waals surface area contributed by atoms with E-state index in [9.17, 15) is 8.78 Å². The number of hydrogen-bond donors (Lipinski definition) is 1. The molecule has 0 aromatic rings. The molecule has 1 heterocycles. The minimum absolute atomic E-state index is 0.0910. The lowest BCUT2D eigenvalue weighted by Crippen LogP contribution is -2.61. The van der Waals surface area contributed by atoms with Crippen LogP contribution >= 0.6 is 11.6 Å². The van der Waals surface area contributed by atoms with Gasteiger partial charge >= 0.3 is 0 Å². The SMILES string of the molecule is CC(C)(C)CCC1(C23CCC(F)(F)CC2CON3)C=CC=C(Cl)C1. The van der Waals surface area contributed by atoms with E-state index in [4.69, 9.17) is 16.4 Å². The molecule has 5 heteroatoms. The fourth-order valence-corrected chi connectivity index (χ4v) is 4.95. The lowest BCUT2D eigenvalue weighted by molar-refractivity contribution is -0.0993. The van der Waals surface area contributed by atoms with Crippen LogP contribution in [-0.2, 0) is 4.84 Å². The van der Waals surface area contributed by atoms with Gasteiger partial charge in [0.05, 0.1) is 12.1 Å². The van der Waals surface area contributed by atoms with E-state index in [1.165, 1.54) is 0 Å². The zero-order valence-corrected chi connectivity index (χ0v) is 15.6. The second-order valence-corrected chi connectivity index (χ2v) is 9.49. The van der Waals surface area contributed by atoms with Crippen LogP contribution in [0.1, 0.15) is 59.3 Å². The van der Waals surface area contributed by atoms with Crippen molar-refractivity contribution in [1.29, 1.82) is 0 Å². The van der Waals surface area contributed by atoms with Crippen molar-refractivity contribution in [2.45, 2.75) is 70.8 Å². The van der Waals surface area contributed by atoms with Crippen molar-refractivity contribution >= 4 is 11.6 Å². The van der Waals surface area contributed by atoms with E-state index >= 15 is 0 Å². The molecule has 0 bridgehead atoms. The molecule has 2 nitrogen and oxygen atoms in total. The Morgan fingerprint density at radius 3 is 2.75 bits per heavy atom. The minimum Gasteiger partial charge on any atom is -0.301 e. The van der Waals surface area contributed by atoms with Crippen LogP contribution in [0.2, 0.25) is 0 Å². The van der Waals surface area contributed by atoms with Gasteiger partial charge in [0.25, 0.3) is 0 Å². The van der Waals surface area contributed by atoms with Crippen LogP contribution in [0.3, 0.4) is 0 Å². The molecule has 3 unspecified atom stereocenters. The summed E-state index contributed by atoms with van der Waals surface area (Å²) in [5, 5.41) is 0.797. The van der Waals surface area contributed by atoms with Crippen molar-refractivity contribution in [3.63, 3.8) is 0 Å². The van der Waals surface area contributed by atoms with Crippen LogP contribution in [-0.4, -0.2) is 18.1 Å². The van der Waals surface area contributed by atoms with Gasteiger partial charge in [-0.1, -0.05) is 44.5 Å². The van der Waals surface area contributed by atoms with Crippen molar-refractivity contribution in [3.8, 4) is 0 Å². The van der Waals surface area contributed by atoms with E-state index in [0.29, 0.717) is 19.4 Å². The van der Waals surface area contributed by atoms with Gasteiger partial charge in [-0.15, -0.1) is 0 Å². The molecule has 136 valence electrons. The number of nitrogens with one attached hydrogen (secondary N) is 1. The summed E-state index contributed by atoms with van der Waals surface area (Å²) in [7, 11) is 0. The average molecular weight is 360 g/mol. The molecule has 2 aliphatic carbocycles. The Balaban J connectivity index is 1.96. The molecule has 0 aromatic heterocycles. The highest BCUT2D eigenvalue weighted by Crippen LogP contribution is 2.58. The number of fused-ring (bicyclic) bond motifs is 1. The maximum absolute atomic E-state index is 14.0. The number of allylic oxidation sites excluding steroid dienone is 3. The van der Waals surface area contributed by atoms with Crippen LogP contribution in [0, 0.1) is 16.7 Å². The van der Waals surface area contributed by atoms with Gasteiger partial charge < -0.3 is 4.84 Å². The quantitative estimate of drug-likeness (QED) is 0.709. The number of alkyl halides is 2. The molecule has 1 saturated heterocycles. The summed E-state index contributed by atoms with van der Waals surface area (Å²) in [5.41, 5.74) is 2.66. The third-order valence-electron chi connectivity index (χ3n) is 6.05. The Bertz CT molecular complexity index is 554. The fraction of sp³-hybridized carbons (Fsp3) is 0.789. The highest BCUT2D eigenvalue weighted by molar-refractivity contribution is 6.29. The van der Waals surface area contributed by atoms with Gasteiger partial charge in [-0.25, -0.2) is 8.78 Å². The lowest BCUT2D eigenvalue weighted by Gasteiger charge is -2.54. The maximum Gasteiger partial charge on any atom is 0.248 e. The smallest absolute Gasteiger partial charge is 0.248 e. The molecule has 0 radical (unpaired) electrons. The Kier molecular flexibility index (Phi) is 4.64. The predicted molar refractivity (Wildman–Crippen MR) is 92.9 cm³/mol. The zero-order valence-electron chi connectivity index (χ0n) is 14.8. The summed E-state index contributed by atoms with van der Waals surface area (Å²) >= 11 is 6.41. The summed E-state index contributed by atoms with van der Waals surface area (Å²) in [6.07, 6.45) is 8.94. The maximum atomic E-state index is 14.0.